The van der Waals surface area contributed by atoms with E-state index >= 15 is 0 Å². The molecule has 0 saturated heterocycles. The topological polar surface area (TPSA) is 51.5 Å². The number of carbonyl (C=O) groups excluding carboxylic acids is 1. The SMILES string of the molecule is CCOc1ccc2oc(C(=O)NC)c(C)c2c1. The van der Waals surface area contributed by atoms with Gasteiger partial charge in [0.25, 0.3) is 5.91 Å². The fourth-order valence-corrected chi connectivity index (χ4v) is 1.79. The quantitative estimate of drug-likeness (QED) is 0.886. The second-order valence-corrected chi connectivity index (χ2v) is 3.73. The zero-order chi connectivity index (χ0) is 12.4. The first-order chi connectivity index (χ1) is 8.17. The van der Waals surface area contributed by atoms with Crippen molar-refractivity contribution in [2.45, 2.75) is 13.8 Å². The average molecular weight is 233 g/mol. The van der Waals surface area contributed by atoms with Crippen molar-refractivity contribution >= 4 is 16.9 Å². The summed E-state index contributed by atoms with van der Waals surface area (Å²) < 4.78 is 10.9. The van der Waals surface area contributed by atoms with Crippen LogP contribution in [0.5, 0.6) is 5.75 Å². The first-order valence-corrected chi connectivity index (χ1v) is 5.55. The number of rotatable bonds is 3. The van der Waals surface area contributed by atoms with Crippen molar-refractivity contribution in [2.75, 3.05) is 13.7 Å². The highest BCUT2D eigenvalue weighted by molar-refractivity contribution is 5.99. The number of carbonyl (C=O) groups is 1. The number of aryl methyl sites for hydroxylation is 1. The normalized spacial score (nSPS) is 10.5. The Bertz CT molecular complexity index is 557. The first kappa shape index (κ1) is 11.5. The van der Waals surface area contributed by atoms with Crippen LogP contribution in [0.15, 0.2) is 22.6 Å². The summed E-state index contributed by atoms with van der Waals surface area (Å²) in [5.74, 6) is 0.931. The number of amides is 1. The van der Waals surface area contributed by atoms with Crippen LogP contribution in [0.4, 0.5) is 0 Å². The molecule has 2 rings (SSSR count). The van der Waals surface area contributed by atoms with Gasteiger partial charge < -0.3 is 14.5 Å². The molecule has 0 spiro atoms. The molecule has 0 bridgehead atoms. The van der Waals surface area contributed by atoms with E-state index < -0.39 is 0 Å². The lowest BCUT2D eigenvalue weighted by Crippen LogP contribution is -2.17. The van der Waals surface area contributed by atoms with E-state index in [0.29, 0.717) is 18.0 Å². The van der Waals surface area contributed by atoms with Gasteiger partial charge in [-0.3, -0.25) is 4.79 Å². The molecule has 1 N–H and O–H groups in total. The van der Waals surface area contributed by atoms with Crippen molar-refractivity contribution in [3.63, 3.8) is 0 Å². The molecular formula is C13H15NO3. The Balaban J connectivity index is 2.54. The van der Waals surface area contributed by atoms with Gasteiger partial charge in [0.05, 0.1) is 6.61 Å². The third kappa shape index (κ3) is 1.98. The molecule has 2 aromatic rings. The zero-order valence-electron chi connectivity index (χ0n) is 10.2. The van der Waals surface area contributed by atoms with E-state index in [2.05, 4.69) is 5.32 Å². The maximum Gasteiger partial charge on any atom is 0.287 e. The molecule has 1 aromatic heterocycles. The van der Waals surface area contributed by atoms with Gasteiger partial charge in [-0.25, -0.2) is 0 Å². The summed E-state index contributed by atoms with van der Waals surface area (Å²) in [6.07, 6.45) is 0. The Kier molecular flexibility index (Phi) is 3.04. The summed E-state index contributed by atoms with van der Waals surface area (Å²) in [6.45, 7) is 4.42. The molecule has 0 unspecified atom stereocenters. The number of benzene rings is 1. The minimum absolute atomic E-state index is 0.211. The maximum atomic E-state index is 11.6. The molecule has 1 heterocycles. The lowest BCUT2D eigenvalue weighted by molar-refractivity contribution is 0.0937. The van der Waals surface area contributed by atoms with Gasteiger partial charge in [0.2, 0.25) is 0 Å². The second kappa shape index (κ2) is 4.49. The third-order valence-electron chi connectivity index (χ3n) is 2.65. The number of ether oxygens (including phenoxy) is 1. The van der Waals surface area contributed by atoms with Crippen molar-refractivity contribution in [3.8, 4) is 5.75 Å². The van der Waals surface area contributed by atoms with Gasteiger partial charge in [-0.15, -0.1) is 0 Å². The van der Waals surface area contributed by atoms with E-state index in [1.54, 1.807) is 7.05 Å². The van der Waals surface area contributed by atoms with Crippen LogP contribution in [-0.2, 0) is 0 Å². The van der Waals surface area contributed by atoms with Crippen LogP contribution in [0.1, 0.15) is 23.0 Å². The number of nitrogens with one attached hydrogen (secondary N) is 1. The van der Waals surface area contributed by atoms with Crippen LogP contribution >= 0.6 is 0 Å². The lowest BCUT2D eigenvalue weighted by Gasteiger charge is -2.01. The van der Waals surface area contributed by atoms with Gasteiger partial charge in [0, 0.05) is 18.0 Å². The van der Waals surface area contributed by atoms with Crippen molar-refractivity contribution in [3.05, 3.63) is 29.5 Å². The van der Waals surface area contributed by atoms with Gasteiger partial charge in [0.15, 0.2) is 5.76 Å². The standard InChI is InChI=1S/C13H15NO3/c1-4-16-9-5-6-11-10(7-9)8(2)12(17-11)13(15)14-3/h5-7H,4H2,1-3H3,(H,14,15). The molecule has 0 radical (unpaired) electrons. The monoisotopic (exact) mass is 233 g/mol. The van der Waals surface area contributed by atoms with E-state index in [0.717, 1.165) is 16.7 Å². The highest BCUT2D eigenvalue weighted by Gasteiger charge is 2.16. The Hall–Kier alpha value is -1.97. The number of hydrogen-bond acceptors (Lipinski definition) is 3. The molecule has 4 nitrogen and oxygen atoms in total. The van der Waals surface area contributed by atoms with Gasteiger partial charge in [-0.2, -0.15) is 0 Å². The van der Waals surface area contributed by atoms with Crippen molar-refractivity contribution in [2.24, 2.45) is 0 Å². The largest absolute Gasteiger partial charge is 0.494 e. The minimum Gasteiger partial charge on any atom is -0.494 e. The molecular weight excluding hydrogens is 218 g/mol. The Morgan fingerprint density at radius 1 is 1.47 bits per heavy atom. The summed E-state index contributed by atoms with van der Waals surface area (Å²) in [5, 5.41) is 3.47. The molecule has 1 amide bonds. The smallest absolute Gasteiger partial charge is 0.287 e. The number of hydrogen-bond donors (Lipinski definition) is 1. The van der Waals surface area contributed by atoms with Crippen LogP contribution in [-0.4, -0.2) is 19.6 Å². The highest BCUT2D eigenvalue weighted by atomic mass is 16.5. The van der Waals surface area contributed by atoms with E-state index in [1.807, 2.05) is 32.0 Å². The number of fused-ring (bicyclic) bond motifs is 1. The molecule has 1 aromatic carbocycles. The van der Waals surface area contributed by atoms with Crippen molar-refractivity contribution in [1.82, 2.24) is 5.32 Å². The summed E-state index contributed by atoms with van der Waals surface area (Å²) >= 11 is 0. The molecule has 0 aliphatic rings. The Morgan fingerprint density at radius 3 is 2.88 bits per heavy atom. The summed E-state index contributed by atoms with van der Waals surface area (Å²) in [7, 11) is 1.58. The molecule has 17 heavy (non-hydrogen) atoms. The van der Waals surface area contributed by atoms with Crippen LogP contribution in [0.25, 0.3) is 11.0 Å². The van der Waals surface area contributed by atoms with Gasteiger partial charge in [-0.05, 0) is 32.0 Å². The summed E-state index contributed by atoms with van der Waals surface area (Å²) in [5.41, 5.74) is 1.53. The second-order valence-electron chi connectivity index (χ2n) is 3.73. The van der Waals surface area contributed by atoms with E-state index in [9.17, 15) is 4.79 Å². The van der Waals surface area contributed by atoms with Gasteiger partial charge in [0.1, 0.15) is 11.3 Å². The average Bonchev–Trinajstić information content (AvgIpc) is 2.67. The van der Waals surface area contributed by atoms with Gasteiger partial charge in [-0.1, -0.05) is 0 Å². The maximum absolute atomic E-state index is 11.6. The number of furan rings is 1. The molecule has 0 fully saturated rings. The fraction of sp³-hybridized carbons (Fsp3) is 0.308. The van der Waals surface area contributed by atoms with Crippen LogP contribution in [0.2, 0.25) is 0 Å². The van der Waals surface area contributed by atoms with Crippen molar-refractivity contribution in [1.29, 1.82) is 0 Å². The third-order valence-corrected chi connectivity index (χ3v) is 2.65. The predicted octanol–water partition coefficient (Wildman–Crippen LogP) is 2.50. The van der Waals surface area contributed by atoms with Crippen molar-refractivity contribution < 1.29 is 13.9 Å². The summed E-state index contributed by atoms with van der Waals surface area (Å²) in [6, 6.07) is 5.55. The molecule has 0 saturated carbocycles. The molecule has 4 heteroatoms. The fourth-order valence-electron chi connectivity index (χ4n) is 1.79. The molecule has 0 aliphatic heterocycles. The Labute approximate surface area is 99.6 Å². The Morgan fingerprint density at radius 2 is 2.24 bits per heavy atom. The van der Waals surface area contributed by atoms with E-state index in [4.69, 9.17) is 9.15 Å². The molecule has 0 atom stereocenters. The van der Waals surface area contributed by atoms with Crippen LogP contribution in [0, 0.1) is 6.92 Å². The molecule has 90 valence electrons. The predicted molar refractivity (Wildman–Crippen MR) is 65.5 cm³/mol. The van der Waals surface area contributed by atoms with E-state index in [1.165, 1.54) is 0 Å². The zero-order valence-corrected chi connectivity index (χ0v) is 10.2. The van der Waals surface area contributed by atoms with Crippen LogP contribution < -0.4 is 10.1 Å². The lowest BCUT2D eigenvalue weighted by atomic mass is 10.1. The van der Waals surface area contributed by atoms with E-state index in [-0.39, 0.29) is 5.91 Å². The van der Waals surface area contributed by atoms with Gasteiger partial charge >= 0.3 is 0 Å². The highest BCUT2D eigenvalue weighted by Crippen LogP contribution is 2.28. The first-order valence-electron chi connectivity index (χ1n) is 5.55. The molecule has 0 aliphatic carbocycles. The minimum atomic E-state index is -0.211. The van der Waals surface area contributed by atoms with Crippen LogP contribution in [0.3, 0.4) is 0 Å². The summed E-state index contributed by atoms with van der Waals surface area (Å²) in [4.78, 5) is 11.6.